The Labute approximate surface area is 143 Å². The van der Waals surface area contributed by atoms with E-state index in [2.05, 4.69) is 10.6 Å². The van der Waals surface area contributed by atoms with Crippen LogP contribution in [0.15, 0.2) is 28.7 Å². The molecule has 3 amide bonds. The maximum Gasteiger partial charge on any atom is 0.375 e. The first-order chi connectivity index (χ1) is 11.3. The topological polar surface area (TPSA) is 97.6 Å². The summed E-state index contributed by atoms with van der Waals surface area (Å²) in [6.07, 6.45) is -1.16. The number of halogens is 1. The zero-order valence-electron chi connectivity index (χ0n) is 13.4. The summed E-state index contributed by atoms with van der Waals surface area (Å²) in [6.45, 7) is 4.86. The number of amides is 3. The molecule has 0 aliphatic rings. The van der Waals surface area contributed by atoms with E-state index in [4.69, 9.17) is 20.8 Å². The van der Waals surface area contributed by atoms with Gasteiger partial charge in [-0.05, 0) is 45.0 Å². The van der Waals surface area contributed by atoms with Crippen LogP contribution in [0.5, 0.6) is 0 Å². The number of ether oxygens (including phenoxy) is 1. The van der Waals surface area contributed by atoms with Gasteiger partial charge in [-0.3, -0.25) is 10.1 Å². The van der Waals surface area contributed by atoms with Gasteiger partial charge < -0.3 is 14.5 Å². The summed E-state index contributed by atoms with van der Waals surface area (Å²) in [4.78, 5) is 35.3. The Morgan fingerprint density at radius 1 is 1.17 bits per heavy atom. The molecule has 2 rings (SSSR count). The highest BCUT2D eigenvalue weighted by Gasteiger charge is 2.23. The Balaban J connectivity index is 1.99. The molecular formula is C16H17ClN2O5. The molecule has 0 aliphatic carbocycles. The molecule has 0 saturated heterocycles. The Morgan fingerprint density at radius 2 is 1.88 bits per heavy atom. The van der Waals surface area contributed by atoms with Crippen molar-refractivity contribution in [3.8, 4) is 0 Å². The van der Waals surface area contributed by atoms with Crippen molar-refractivity contribution < 1.29 is 23.5 Å². The van der Waals surface area contributed by atoms with E-state index < -0.39 is 24.0 Å². The summed E-state index contributed by atoms with van der Waals surface area (Å²) in [6, 6.07) is 5.59. The first-order valence-electron chi connectivity index (χ1n) is 7.27. The number of imide groups is 1. The van der Waals surface area contributed by atoms with Crippen molar-refractivity contribution >= 4 is 40.5 Å². The zero-order chi connectivity index (χ0) is 17.9. The molecule has 2 N–H and O–H groups in total. The molecule has 0 radical (unpaired) electrons. The first kappa shape index (κ1) is 17.8. The van der Waals surface area contributed by atoms with Crippen LogP contribution in [0.4, 0.5) is 4.79 Å². The van der Waals surface area contributed by atoms with Crippen molar-refractivity contribution in [1.82, 2.24) is 10.6 Å². The summed E-state index contributed by atoms with van der Waals surface area (Å²) in [5.41, 5.74) is 0.472. The summed E-state index contributed by atoms with van der Waals surface area (Å²) in [7, 11) is 0. The van der Waals surface area contributed by atoms with Gasteiger partial charge in [0.2, 0.25) is 5.76 Å². The van der Waals surface area contributed by atoms with Crippen molar-refractivity contribution in [3.05, 3.63) is 35.0 Å². The second-order valence-corrected chi connectivity index (χ2v) is 5.89. The minimum Gasteiger partial charge on any atom is -0.449 e. The van der Waals surface area contributed by atoms with Crippen LogP contribution in [0.2, 0.25) is 5.02 Å². The lowest BCUT2D eigenvalue weighted by molar-refractivity contribution is -0.128. The third-order valence-corrected chi connectivity index (χ3v) is 3.22. The Hall–Kier alpha value is -2.54. The molecule has 0 unspecified atom stereocenters. The van der Waals surface area contributed by atoms with Gasteiger partial charge in [0, 0.05) is 16.5 Å². The number of furan rings is 1. The van der Waals surface area contributed by atoms with Gasteiger partial charge in [0.1, 0.15) is 5.58 Å². The zero-order valence-corrected chi connectivity index (χ0v) is 14.1. The Morgan fingerprint density at radius 3 is 2.54 bits per heavy atom. The maximum absolute atomic E-state index is 12.0. The highest BCUT2D eigenvalue weighted by Crippen LogP contribution is 2.23. The molecule has 0 saturated carbocycles. The van der Waals surface area contributed by atoms with Crippen molar-refractivity contribution in [1.29, 1.82) is 0 Å². The van der Waals surface area contributed by atoms with Crippen LogP contribution in [-0.4, -0.2) is 30.1 Å². The third kappa shape index (κ3) is 4.48. The van der Waals surface area contributed by atoms with E-state index >= 15 is 0 Å². The smallest absolute Gasteiger partial charge is 0.375 e. The van der Waals surface area contributed by atoms with E-state index in [-0.39, 0.29) is 11.8 Å². The number of carbonyl (C=O) groups is 3. The molecule has 2 aromatic rings. The first-order valence-corrected chi connectivity index (χ1v) is 7.65. The lowest BCUT2D eigenvalue weighted by Gasteiger charge is -2.13. The number of benzene rings is 1. The van der Waals surface area contributed by atoms with Crippen molar-refractivity contribution in [2.24, 2.45) is 0 Å². The number of urea groups is 1. The van der Waals surface area contributed by atoms with Gasteiger partial charge in [0.05, 0.1) is 0 Å². The van der Waals surface area contributed by atoms with E-state index in [0.717, 1.165) is 0 Å². The molecule has 0 bridgehead atoms. The fraction of sp³-hybridized carbons (Fsp3) is 0.312. The number of carbonyl (C=O) groups excluding carboxylic acids is 3. The molecular weight excluding hydrogens is 336 g/mol. The standard InChI is InChI=1S/C16H17ClN2O5/c1-8(2)18-16(22)19-14(20)9(3)23-15(21)13-7-10-6-11(17)4-5-12(10)24-13/h4-9H,1-3H3,(H2,18,19,20,22)/t9-/m0/s1. The minimum atomic E-state index is -1.16. The molecule has 0 aliphatic heterocycles. The normalized spacial score (nSPS) is 12.0. The second kappa shape index (κ2) is 7.35. The Kier molecular flexibility index (Phi) is 5.46. The van der Waals surface area contributed by atoms with Gasteiger partial charge in [0.25, 0.3) is 5.91 Å². The molecule has 1 aromatic carbocycles. The third-order valence-electron chi connectivity index (χ3n) is 2.99. The average molecular weight is 353 g/mol. The molecule has 1 heterocycles. The largest absolute Gasteiger partial charge is 0.449 e. The number of nitrogens with one attached hydrogen (secondary N) is 2. The van der Waals surface area contributed by atoms with Gasteiger partial charge in [0.15, 0.2) is 6.10 Å². The summed E-state index contributed by atoms with van der Waals surface area (Å²) < 4.78 is 10.4. The average Bonchev–Trinajstić information content (AvgIpc) is 2.89. The number of esters is 1. The maximum atomic E-state index is 12.0. The molecule has 1 atom stereocenters. The lowest BCUT2D eigenvalue weighted by Crippen LogP contribution is -2.46. The fourth-order valence-electron chi connectivity index (χ4n) is 1.90. The van der Waals surface area contributed by atoms with E-state index in [1.165, 1.54) is 13.0 Å². The number of fused-ring (bicyclic) bond motifs is 1. The second-order valence-electron chi connectivity index (χ2n) is 5.46. The van der Waals surface area contributed by atoms with Gasteiger partial charge in [-0.25, -0.2) is 9.59 Å². The molecule has 0 fully saturated rings. The highest BCUT2D eigenvalue weighted by atomic mass is 35.5. The molecule has 1 aromatic heterocycles. The SMILES string of the molecule is CC(C)NC(=O)NC(=O)[C@H](C)OC(=O)c1cc2cc(Cl)ccc2o1. The van der Waals surface area contributed by atoms with Crippen molar-refractivity contribution in [3.63, 3.8) is 0 Å². The molecule has 7 nitrogen and oxygen atoms in total. The summed E-state index contributed by atoms with van der Waals surface area (Å²) in [5.74, 6) is -1.60. The molecule has 24 heavy (non-hydrogen) atoms. The highest BCUT2D eigenvalue weighted by molar-refractivity contribution is 6.31. The lowest BCUT2D eigenvalue weighted by atomic mass is 10.2. The van der Waals surface area contributed by atoms with E-state index in [1.54, 1.807) is 32.0 Å². The summed E-state index contributed by atoms with van der Waals surface area (Å²) >= 11 is 5.87. The monoisotopic (exact) mass is 352 g/mol. The van der Waals surface area contributed by atoms with Gasteiger partial charge >= 0.3 is 12.0 Å². The van der Waals surface area contributed by atoms with E-state index in [0.29, 0.717) is 16.0 Å². The number of hydrogen-bond acceptors (Lipinski definition) is 5. The molecule has 0 spiro atoms. The van der Waals surface area contributed by atoms with Crippen LogP contribution in [0.1, 0.15) is 31.3 Å². The van der Waals surface area contributed by atoms with Crippen molar-refractivity contribution in [2.75, 3.05) is 0 Å². The van der Waals surface area contributed by atoms with Crippen molar-refractivity contribution in [2.45, 2.75) is 32.9 Å². The minimum absolute atomic E-state index is 0.0569. The number of rotatable bonds is 4. The van der Waals surface area contributed by atoms with Crippen LogP contribution in [-0.2, 0) is 9.53 Å². The van der Waals surface area contributed by atoms with E-state index in [9.17, 15) is 14.4 Å². The number of hydrogen-bond donors (Lipinski definition) is 2. The van der Waals surface area contributed by atoms with E-state index in [1.807, 2.05) is 0 Å². The fourth-order valence-corrected chi connectivity index (χ4v) is 2.08. The quantitative estimate of drug-likeness (QED) is 0.824. The van der Waals surface area contributed by atoms with Gasteiger partial charge in [-0.15, -0.1) is 0 Å². The van der Waals surface area contributed by atoms with Crippen LogP contribution in [0, 0.1) is 0 Å². The summed E-state index contributed by atoms with van der Waals surface area (Å²) in [5, 5.41) is 5.73. The van der Waals surface area contributed by atoms with Crippen LogP contribution in [0.25, 0.3) is 11.0 Å². The predicted molar refractivity (Wildman–Crippen MR) is 87.9 cm³/mol. The van der Waals surface area contributed by atoms with Crippen LogP contribution < -0.4 is 10.6 Å². The van der Waals surface area contributed by atoms with Gasteiger partial charge in [-0.1, -0.05) is 11.6 Å². The Bertz CT molecular complexity index is 784. The molecule has 128 valence electrons. The van der Waals surface area contributed by atoms with Crippen LogP contribution in [0.3, 0.4) is 0 Å². The van der Waals surface area contributed by atoms with Crippen LogP contribution >= 0.6 is 11.6 Å². The molecule has 8 heteroatoms. The van der Waals surface area contributed by atoms with Gasteiger partial charge in [-0.2, -0.15) is 0 Å². The predicted octanol–water partition coefficient (Wildman–Crippen LogP) is 2.87.